The number of hydrogen-bond acceptors (Lipinski definition) is 2. The molecule has 0 atom stereocenters. The summed E-state index contributed by atoms with van der Waals surface area (Å²) >= 11 is 0. The Morgan fingerprint density at radius 3 is 1.72 bits per heavy atom. The van der Waals surface area contributed by atoms with Crippen molar-refractivity contribution in [2.24, 2.45) is 0 Å². The largest absolute Gasteiger partial charge is 0.445 e. The molecular formula is C15H15BO2. The highest BCUT2D eigenvalue weighted by Gasteiger charge is 2.13. The van der Waals surface area contributed by atoms with E-state index in [1.54, 1.807) is 0 Å². The van der Waals surface area contributed by atoms with Gasteiger partial charge in [0.1, 0.15) is 6.10 Å². The van der Waals surface area contributed by atoms with Crippen molar-refractivity contribution in [2.45, 2.75) is 6.10 Å². The number of hydrogen-bond donors (Lipinski definition) is 0. The van der Waals surface area contributed by atoms with Gasteiger partial charge in [0, 0.05) is 0 Å². The van der Waals surface area contributed by atoms with Crippen molar-refractivity contribution < 1.29 is 9.39 Å². The Morgan fingerprint density at radius 1 is 0.778 bits per heavy atom. The van der Waals surface area contributed by atoms with Gasteiger partial charge in [0.15, 0.2) is 0 Å². The molecule has 2 radical (unpaired) electrons. The minimum atomic E-state index is -0.0810. The topological polar surface area (TPSA) is 18.5 Å². The van der Waals surface area contributed by atoms with Gasteiger partial charge in [-0.2, -0.15) is 0 Å². The van der Waals surface area contributed by atoms with Crippen molar-refractivity contribution in [3.63, 3.8) is 0 Å². The monoisotopic (exact) mass is 238 g/mol. The Balaban J connectivity index is 2.18. The summed E-state index contributed by atoms with van der Waals surface area (Å²) < 4.78 is 10.4. The molecule has 90 valence electrons. The van der Waals surface area contributed by atoms with Gasteiger partial charge >= 0.3 is 0 Å². The predicted molar refractivity (Wildman–Crippen MR) is 72.4 cm³/mol. The summed E-state index contributed by atoms with van der Waals surface area (Å²) in [5.41, 5.74) is 2.25. The summed E-state index contributed by atoms with van der Waals surface area (Å²) in [5, 5.41) is 0. The summed E-state index contributed by atoms with van der Waals surface area (Å²) in [5.74, 6) is 0. The van der Waals surface area contributed by atoms with E-state index in [1.165, 1.54) is 0 Å². The maximum Gasteiger partial charge on any atom is 0.282 e. The van der Waals surface area contributed by atoms with Gasteiger partial charge in [-0.1, -0.05) is 60.7 Å². The first-order valence-electron chi connectivity index (χ1n) is 5.95. The first-order chi connectivity index (χ1) is 8.92. The second-order valence-corrected chi connectivity index (χ2v) is 3.94. The predicted octanol–water partition coefficient (Wildman–Crippen LogP) is 2.89. The third kappa shape index (κ3) is 3.46. The maximum atomic E-state index is 5.85. The van der Waals surface area contributed by atoms with E-state index in [-0.39, 0.29) is 6.10 Å². The SMILES string of the molecule is [B]OCCOC(c1ccccc1)c1ccccc1. The fraction of sp³-hybridized carbons (Fsp3) is 0.200. The average Bonchev–Trinajstić information content (AvgIpc) is 2.46. The molecule has 0 unspecified atom stereocenters. The highest BCUT2D eigenvalue weighted by Crippen LogP contribution is 2.25. The van der Waals surface area contributed by atoms with Crippen LogP contribution in [0.5, 0.6) is 0 Å². The van der Waals surface area contributed by atoms with Crippen LogP contribution in [0.3, 0.4) is 0 Å². The van der Waals surface area contributed by atoms with Crippen LogP contribution in [0.25, 0.3) is 0 Å². The lowest BCUT2D eigenvalue weighted by molar-refractivity contribution is 0.0580. The molecule has 0 bridgehead atoms. The lowest BCUT2D eigenvalue weighted by Gasteiger charge is -2.18. The summed E-state index contributed by atoms with van der Waals surface area (Å²) in [6.45, 7) is 0.848. The van der Waals surface area contributed by atoms with Crippen LogP contribution in [-0.2, 0) is 9.39 Å². The highest BCUT2D eigenvalue weighted by atomic mass is 16.5. The first kappa shape index (κ1) is 12.9. The van der Waals surface area contributed by atoms with E-state index in [4.69, 9.17) is 12.8 Å². The normalized spacial score (nSPS) is 10.7. The van der Waals surface area contributed by atoms with Crippen LogP contribution in [0, 0.1) is 0 Å². The van der Waals surface area contributed by atoms with Gasteiger partial charge in [-0.3, -0.25) is 0 Å². The lowest BCUT2D eigenvalue weighted by atomic mass is 10.0. The standard InChI is InChI=1S/C15H15BO2/c16-18-12-11-17-15(13-7-3-1-4-8-13)14-9-5-2-6-10-14/h1-10,15H,11-12H2. The second kappa shape index (κ2) is 6.99. The molecule has 0 aliphatic rings. The molecule has 0 aliphatic carbocycles. The average molecular weight is 238 g/mol. The van der Waals surface area contributed by atoms with Crippen LogP contribution in [0.4, 0.5) is 0 Å². The van der Waals surface area contributed by atoms with Crippen LogP contribution in [0.2, 0.25) is 0 Å². The molecule has 0 saturated carbocycles. The van der Waals surface area contributed by atoms with E-state index in [0.29, 0.717) is 13.2 Å². The Hall–Kier alpha value is -1.58. The van der Waals surface area contributed by atoms with E-state index >= 15 is 0 Å². The minimum Gasteiger partial charge on any atom is -0.445 e. The molecule has 0 spiro atoms. The third-order valence-electron chi connectivity index (χ3n) is 2.69. The van der Waals surface area contributed by atoms with Crippen molar-refractivity contribution in [3.8, 4) is 0 Å². The van der Waals surface area contributed by atoms with Gasteiger partial charge < -0.3 is 9.39 Å². The van der Waals surface area contributed by atoms with Gasteiger partial charge in [0.05, 0.1) is 13.2 Å². The van der Waals surface area contributed by atoms with E-state index < -0.39 is 0 Å². The van der Waals surface area contributed by atoms with Gasteiger partial charge in [0.25, 0.3) is 8.05 Å². The molecule has 0 heterocycles. The molecule has 0 aliphatic heterocycles. The molecule has 2 aromatic carbocycles. The van der Waals surface area contributed by atoms with Crippen molar-refractivity contribution >= 4 is 8.05 Å². The molecule has 3 heteroatoms. The Morgan fingerprint density at radius 2 is 1.28 bits per heavy atom. The first-order valence-corrected chi connectivity index (χ1v) is 5.95. The number of ether oxygens (including phenoxy) is 1. The van der Waals surface area contributed by atoms with Crippen molar-refractivity contribution in [1.29, 1.82) is 0 Å². The van der Waals surface area contributed by atoms with Crippen LogP contribution in [0.1, 0.15) is 17.2 Å². The third-order valence-corrected chi connectivity index (χ3v) is 2.69. The molecule has 0 amide bonds. The quantitative estimate of drug-likeness (QED) is 0.569. The van der Waals surface area contributed by atoms with E-state index in [0.717, 1.165) is 11.1 Å². The smallest absolute Gasteiger partial charge is 0.282 e. The molecule has 18 heavy (non-hydrogen) atoms. The number of rotatable bonds is 6. The van der Waals surface area contributed by atoms with Gasteiger partial charge in [-0.15, -0.1) is 0 Å². The Bertz CT molecular complexity index is 405. The molecule has 0 N–H and O–H groups in total. The molecule has 2 nitrogen and oxygen atoms in total. The summed E-state index contributed by atoms with van der Waals surface area (Å²) in [6, 6.07) is 20.2. The fourth-order valence-corrected chi connectivity index (χ4v) is 1.85. The van der Waals surface area contributed by atoms with Crippen LogP contribution in [0.15, 0.2) is 60.7 Å². The highest BCUT2D eigenvalue weighted by molar-refractivity contribution is 5.97. The van der Waals surface area contributed by atoms with Crippen LogP contribution in [-0.4, -0.2) is 21.3 Å². The minimum absolute atomic E-state index is 0.0810. The van der Waals surface area contributed by atoms with E-state index in [9.17, 15) is 0 Å². The fourth-order valence-electron chi connectivity index (χ4n) is 1.85. The van der Waals surface area contributed by atoms with E-state index in [1.807, 2.05) is 36.4 Å². The second-order valence-electron chi connectivity index (χ2n) is 3.94. The van der Waals surface area contributed by atoms with Crippen molar-refractivity contribution in [3.05, 3.63) is 71.8 Å². The summed E-state index contributed by atoms with van der Waals surface area (Å²) in [4.78, 5) is 0. The van der Waals surface area contributed by atoms with Crippen molar-refractivity contribution in [2.75, 3.05) is 13.2 Å². The maximum absolute atomic E-state index is 5.85. The molecule has 2 aromatic rings. The molecule has 0 fully saturated rings. The van der Waals surface area contributed by atoms with Crippen LogP contribution >= 0.6 is 0 Å². The zero-order chi connectivity index (χ0) is 12.6. The van der Waals surface area contributed by atoms with Gasteiger partial charge in [0.2, 0.25) is 0 Å². The lowest BCUT2D eigenvalue weighted by Crippen LogP contribution is -2.10. The molecular weight excluding hydrogens is 223 g/mol. The zero-order valence-corrected chi connectivity index (χ0v) is 10.2. The van der Waals surface area contributed by atoms with E-state index in [2.05, 4.69) is 28.9 Å². The van der Waals surface area contributed by atoms with Gasteiger partial charge in [-0.25, -0.2) is 0 Å². The molecule has 0 saturated heterocycles. The van der Waals surface area contributed by atoms with Crippen LogP contribution < -0.4 is 0 Å². The van der Waals surface area contributed by atoms with Gasteiger partial charge in [-0.05, 0) is 11.1 Å². The van der Waals surface area contributed by atoms with Crippen molar-refractivity contribution in [1.82, 2.24) is 0 Å². The summed E-state index contributed by atoms with van der Waals surface area (Å²) in [6.07, 6.45) is -0.0810. The number of benzene rings is 2. The Labute approximate surface area is 109 Å². The zero-order valence-electron chi connectivity index (χ0n) is 10.2. The molecule has 2 rings (SSSR count). The summed E-state index contributed by atoms with van der Waals surface area (Å²) in [7, 11) is 5.01. The Kier molecular flexibility index (Phi) is 5.00. The molecule has 0 aromatic heterocycles.